The van der Waals surface area contributed by atoms with Crippen LogP contribution in [0.1, 0.15) is 33.6 Å². The molecule has 0 rings (SSSR count). The minimum Gasteiger partial charge on any atom is -0.261 e. The van der Waals surface area contributed by atoms with Gasteiger partial charge in [0.2, 0.25) is 0 Å². The van der Waals surface area contributed by atoms with E-state index in [-0.39, 0.29) is 0 Å². The molecule has 0 amide bonds. The Morgan fingerprint density at radius 2 is 1.90 bits per heavy atom. The second-order valence-corrected chi connectivity index (χ2v) is 3.95. The molecule has 2 heteroatoms. The van der Waals surface area contributed by atoms with E-state index in [0.717, 1.165) is 18.4 Å². The Bertz CT molecular complexity index is 75.7. The molecule has 0 radical (unpaired) electrons. The molecule has 0 fully saturated rings. The van der Waals surface area contributed by atoms with Gasteiger partial charge in [-0.1, -0.05) is 27.2 Å². The minimum absolute atomic E-state index is 0.826. The fourth-order valence-electron chi connectivity index (χ4n) is 1.07. The third kappa shape index (κ3) is 5.47. The van der Waals surface area contributed by atoms with Crippen LogP contribution in [0.15, 0.2) is 0 Å². The van der Waals surface area contributed by atoms with Crippen LogP contribution in [-0.4, -0.2) is 6.54 Å². The van der Waals surface area contributed by atoms with E-state index in [4.69, 9.17) is 0 Å². The second-order valence-electron chi connectivity index (χ2n) is 3.19. The van der Waals surface area contributed by atoms with E-state index in [0.29, 0.717) is 0 Å². The second kappa shape index (κ2) is 6.40. The summed E-state index contributed by atoms with van der Waals surface area (Å²) in [7, 11) is 0. The first-order valence-electron chi connectivity index (χ1n) is 4.04. The number of hydrogen-bond acceptors (Lipinski definition) is 1. The quantitative estimate of drug-likeness (QED) is 0.588. The number of rotatable bonds is 5. The first kappa shape index (κ1) is 10.7. The molecule has 0 aromatic rings. The highest BCUT2D eigenvalue weighted by molar-refractivity contribution is 14.1. The van der Waals surface area contributed by atoms with Gasteiger partial charge in [0.25, 0.3) is 0 Å². The van der Waals surface area contributed by atoms with Gasteiger partial charge in [0.15, 0.2) is 0 Å². The van der Waals surface area contributed by atoms with Gasteiger partial charge in [-0.15, -0.1) is 0 Å². The van der Waals surface area contributed by atoms with Crippen LogP contribution in [0, 0.1) is 11.8 Å². The van der Waals surface area contributed by atoms with Gasteiger partial charge < -0.3 is 0 Å². The monoisotopic (exact) mass is 255 g/mol. The number of nitrogens with one attached hydrogen (secondary N) is 1. The normalized spacial score (nSPS) is 16.8. The molecular formula is C8H18IN. The van der Waals surface area contributed by atoms with Crippen molar-refractivity contribution in [1.82, 2.24) is 3.53 Å². The van der Waals surface area contributed by atoms with Crippen LogP contribution in [0.3, 0.4) is 0 Å². The highest BCUT2D eigenvalue weighted by Gasteiger charge is 2.05. The molecule has 0 heterocycles. The lowest BCUT2D eigenvalue weighted by molar-refractivity contribution is 0.408. The van der Waals surface area contributed by atoms with E-state index in [2.05, 4.69) is 47.2 Å². The zero-order chi connectivity index (χ0) is 7.98. The smallest absolute Gasteiger partial charge is 0.0169 e. The van der Waals surface area contributed by atoms with Crippen LogP contribution >= 0.6 is 22.9 Å². The lowest BCUT2D eigenvalue weighted by Crippen LogP contribution is -2.13. The average Bonchev–Trinajstić information content (AvgIpc) is 1.88. The van der Waals surface area contributed by atoms with E-state index in [9.17, 15) is 0 Å². The summed E-state index contributed by atoms with van der Waals surface area (Å²) in [6.07, 6.45) is 2.66. The van der Waals surface area contributed by atoms with Gasteiger partial charge in [-0.05, 0) is 18.3 Å². The van der Waals surface area contributed by atoms with E-state index in [1.54, 1.807) is 0 Å². The summed E-state index contributed by atoms with van der Waals surface area (Å²) in [5.41, 5.74) is 0. The molecule has 0 saturated carbocycles. The van der Waals surface area contributed by atoms with Crippen LogP contribution in [0.4, 0.5) is 0 Å². The minimum atomic E-state index is 0.826. The Labute approximate surface area is 78.5 Å². The van der Waals surface area contributed by atoms with E-state index >= 15 is 0 Å². The molecule has 0 aliphatic carbocycles. The van der Waals surface area contributed by atoms with Crippen LogP contribution in [0.25, 0.3) is 0 Å². The van der Waals surface area contributed by atoms with Crippen molar-refractivity contribution >= 4 is 22.9 Å². The van der Waals surface area contributed by atoms with Crippen molar-refractivity contribution in [2.75, 3.05) is 6.54 Å². The first-order valence-corrected chi connectivity index (χ1v) is 5.12. The molecular weight excluding hydrogens is 237 g/mol. The van der Waals surface area contributed by atoms with Crippen molar-refractivity contribution in [2.24, 2.45) is 11.8 Å². The fraction of sp³-hybridized carbons (Fsp3) is 1.00. The van der Waals surface area contributed by atoms with Crippen LogP contribution in [0.5, 0.6) is 0 Å². The summed E-state index contributed by atoms with van der Waals surface area (Å²) in [4.78, 5) is 0. The Hall–Kier alpha value is 0.690. The van der Waals surface area contributed by atoms with Gasteiger partial charge in [-0.2, -0.15) is 0 Å². The first-order chi connectivity index (χ1) is 4.70. The van der Waals surface area contributed by atoms with Crippen molar-refractivity contribution in [3.63, 3.8) is 0 Å². The molecule has 2 unspecified atom stereocenters. The Balaban J connectivity index is 3.27. The maximum absolute atomic E-state index is 3.17. The largest absolute Gasteiger partial charge is 0.261 e. The molecule has 1 N–H and O–H groups in total. The van der Waals surface area contributed by atoms with Crippen molar-refractivity contribution in [1.29, 1.82) is 0 Å². The topological polar surface area (TPSA) is 12.0 Å². The third-order valence-corrected chi connectivity index (χ3v) is 2.37. The number of halogens is 1. The van der Waals surface area contributed by atoms with Crippen LogP contribution in [-0.2, 0) is 0 Å². The van der Waals surface area contributed by atoms with Gasteiger partial charge in [-0.25, -0.2) is 0 Å². The molecule has 0 bridgehead atoms. The molecule has 1 nitrogen and oxygen atoms in total. The highest BCUT2D eigenvalue weighted by atomic mass is 127. The Morgan fingerprint density at radius 1 is 1.30 bits per heavy atom. The molecule has 0 aromatic carbocycles. The van der Waals surface area contributed by atoms with E-state index in [1.807, 2.05) is 0 Å². The molecule has 0 aliphatic heterocycles. The summed E-state index contributed by atoms with van der Waals surface area (Å²) in [5.74, 6) is 1.71. The lowest BCUT2D eigenvalue weighted by atomic mass is 9.96. The van der Waals surface area contributed by atoms with Crippen molar-refractivity contribution < 1.29 is 0 Å². The van der Waals surface area contributed by atoms with Crippen molar-refractivity contribution in [3.05, 3.63) is 0 Å². The standard InChI is InChI=1S/C8H18IN/c1-4-7(2)5-8(3)6-10-9/h7-8,10H,4-6H2,1-3H3. The van der Waals surface area contributed by atoms with Crippen molar-refractivity contribution in [3.8, 4) is 0 Å². The Kier molecular flexibility index (Phi) is 6.85. The van der Waals surface area contributed by atoms with Gasteiger partial charge in [0, 0.05) is 29.4 Å². The molecule has 10 heavy (non-hydrogen) atoms. The zero-order valence-corrected chi connectivity index (χ0v) is 9.31. The summed E-state index contributed by atoms with van der Waals surface area (Å²) in [5, 5.41) is 0. The van der Waals surface area contributed by atoms with Gasteiger partial charge in [0.05, 0.1) is 0 Å². The number of hydrogen-bond donors (Lipinski definition) is 1. The van der Waals surface area contributed by atoms with E-state index in [1.165, 1.54) is 12.8 Å². The molecule has 0 saturated heterocycles. The van der Waals surface area contributed by atoms with Gasteiger partial charge in [-0.3, -0.25) is 3.53 Å². The van der Waals surface area contributed by atoms with E-state index < -0.39 is 0 Å². The average molecular weight is 255 g/mol. The molecule has 0 aliphatic rings. The summed E-state index contributed by atoms with van der Waals surface area (Å²) in [6, 6.07) is 0. The summed E-state index contributed by atoms with van der Waals surface area (Å²) in [6.45, 7) is 8.03. The zero-order valence-electron chi connectivity index (χ0n) is 7.15. The summed E-state index contributed by atoms with van der Waals surface area (Å²) >= 11 is 2.21. The SMILES string of the molecule is CCC(C)CC(C)CNI. The third-order valence-electron chi connectivity index (χ3n) is 1.93. The highest BCUT2D eigenvalue weighted by Crippen LogP contribution is 2.13. The van der Waals surface area contributed by atoms with Crippen LogP contribution < -0.4 is 3.53 Å². The molecule has 2 atom stereocenters. The molecule has 62 valence electrons. The lowest BCUT2D eigenvalue weighted by Gasteiger charge is -2.14. The predicted octanol–water partition coefficient (Wildman–Crippen LogP) is 3.00. The van der Waals surface area contributed by atoms with Crippen molar-refractivity contribution in [2.45, 2.75) is 33.6 Å². The van der Waals surface area contributed by atoms with Gasteiger partial charge >= 0.3 is 0 Å². The fourth-order valence-corrected chi connectivity index (χ4v) is 1.82. The van der Waals surface area contributed by atoms with Crippen LogP contribution in [0.2, 0.25) is 0 Å². The molecule has 0 spiro atoms. The summed E-state index contributed by atoms with van der Waals surface area (Å²) < 4.78 is 3.17. The van der Waals surface area contributed by atoms with Gasteiger partial charge in [0.1, 0.15) is 0 Å². The maximum Gasteiger partial charge on any atom is 0.0169 e. The predicted molar refractivity (Wildman–Crippen MR) is 55.3 cm³/mol. The maximum atomic E-state index is 3.17. The molecule has 0 aromatic heterocycles. The Morgan fingerprint density at radius 3 is 2.30 bits per heavy atom.